The van der Waals surface area contributed by atoms with E-state index < -0.39 is 10.4 Å². The molecule has 8 nitrogen and oxygen atoms in total. The van der Waals surface area contributed by atoms with Crippen LogP contribution in [0.3, 0.4) is 0 Å². The smallest absolute Gasteiger partial charge is 0.150 e. The molecule has 0 spiro atoms. The van der Waals surface area contributed by atoms with Crippen molar-refractivity contribution in [2.75, 3.05) is 52.4 Å². The van der Waals surface area contributed by atoms with Crippen molar-refractivity contribution in [3.8, 4) is 0 Å². The topological polar surface area (TPSA) is 118 Å². The van der Waals surface area contributed by atoms with Crippen molar-refractivity contribution in [3.05, 3.63) is 35.4 Å². The molecule has 292 valence electrons. The Morgan fingerprint density at radius 1 is 0.510 bits per heavy atom. The molecule has 1 N–H and O–H groups in total. The molecule has 1 aromatic carbocycles. The van der Waals surface area contributed by atoms with Gasteiger partial charge in [0.1, 0.15) is 6.29 Å². The Labute approximate surface area is 304 Å². The summed E-state index contributed by atoms with van der Waals surface area (Å²) in [5, 5.41) is 8.61. The fraction of sp³-hybridized carbons (Fsp3) is 0.825. The first-order chi connectivity index (χ1) is 23.3. The molecular formula is C40H80N2O6S. The van der Waals surface area contributed by atoms with Gasteiger partial charge in [-0.25, -0.2) is 0 Å². The van der Waals surface area contributed by atoms with E-state index in [4.69, 9.17) is 22.6 Å². The highest BCUT2D eigenvalue weighted by atomic mass is 32.3. The number of aliphatic hydroxyl groups is 1. The second kappa shape index (κ2) is 35.1. The molecule has 1 aromatic rings. The van der Waals surface area contributed by atoms with E-state index in [-0.39, 0.29) is 6.61 Å². The van der Waals surface area contributed by atoms with E-state index in [2.05, 4.69) is 55.4 Å². The van der Waals surface area contributed by atoms with E-state index in [0.29, 0.717) is 5.56 Å². The number of quaternary nitrogens is 2. The van der Waals surface area contributed by atoms with Crippen LogP contribution in [0.15, 0.2) is 24.3 Å². The van der Waals surface area contributed by atoms with Crippen LogP contribution in [0.25, 0.3) is 0 Å². The number of aldehydes is 1. The average Bonchev–Trinajstić information content (AvgIpc) is 3.10. The number of nitrogens with zero attached hydrogens (tertiary/aromatic N) is 2. The number of carbonyl (C=O) groups is 1. The lowest BCUT2D eigenvalue weighted by Crippen LogP contribution is -2.50. The summed E-state index contributed by atoms with van der Waals surface area (Å²) in [7, 11) is -5.17. The molecule has 0 aliphatic carbocycles. The van der Waals surface area contributed by atoms with Gasteiger partial charge in [0, 0.05) is 16.0 Å². The van der Waals surface area contributed by atoms with Crippen LogP contribution in [0.4, 0.5) is 0 Å². The van der Waals surface area contributed by atoms with Gasteiger partial charge in [0.25, 0.3) is 0 Å². The molecule has 0 unspecified atom stereocenters. The van der Waals surface area contributed by atoms with E-state index in [1.165, 1.54) is 164 Å². The maximum Gasteiger partial charge on any atom is 0.150 e. The molecule has 0 saturated carbocycles. The Morgan fingerprint density at radius 2 is 0.714 bits per heavy atom. The molecule has 0 radical (unpaired) electrons. The maximum atomic E-state index is 10.1. The molecule has 0 saturated heterocycles. The quantitative estimate of drug-likeness (QED) is 0.0442. The van der Waals surface area contributed by atoms with Gasteiger partial charge in [-0.05, 0) is 56.9 Å². The third kappa shape index (κ3) is 33.5. The van der Waals surface area contributed by atoms with Crippen LogP contribution in [0.2, 0.25) is 0 Å². The third-order valence-electron chi connectivity index (χ3n) is 9.19. The van der Waals surface area contributed by atoms with Gasteiger partial charge in [-0.15, -0.1) is 0 Å². The maximum absolute atomic E-state index is 10.1. The number of unbranched alkanes of at least 4 members (excludes halogenated alkanes) is 8. The number of carbonyl (C=O) groups excluding carboxylic acids is 1. The van der Waals surface area contributed by atoms with Crippen molar-refractivity contribution < 1.29 is 36.4 Å². The molecule has 0 aliphatic heterocycles. The molecular weight excluding hydrogens is 637 g/mol. The van der Waals surface area contributed by atoms with E-state index in [9.17, 15) is 4.79 Å². The largest absolute Gasteiger partial charge is 0.759 e. The van der Waals surface area contributed by atoms with Gasteiger partial charge < -0.3 is 23.2 Å². The average molecular weight is 717 g/mol. The van der Waals surface area contributed by atoms with E-state index in [1.54, 1.807) is 24.3 Å². The minimum Gasteiger partial charge on any atom is -0.759 e. The molecule has 49 heavy (non-hydrogen) atoms. The van der Waals surface area contributed by atoms with Crippen molar-refractivity contribution in [2.45, 2.75) is 165 Å². The van der Waals surface area contributed by atoms with Crippen LogP contribution >= 0.6 is 0 Å². The molecule has 0 bridgehead atoms. The molecule has 9 heteroatoms. The van der Waals surface area contributed by atoms with Crippen molar-refractivity contribution in [1.29, 1.82) is 0 Å². The second-order valence-electron chi connectivity index (χ2n) is 13.7. The Balaban J connectivity index is -0.000000620. The number of aliphatic hydroxyl groups excluding tert-OH is 1. The van der Waals surface area contributed by atoms with Gasteiger partial charge in [-0.2, -0.15) is 0 Å². The second-order valence-corrected chi connectivity index (χ2v) is 14.5. The summed E-state index contributed by atoms with van der Waals surface area (Å²) in [6, 6.07) is 6.81. The first-order valence-corrected chi connectivity index (χ1v) is 21.2. The molecule has 0 heterocycles. The summed E-state index contributed by atoms with van der Waals surface area (Å²) in [6.45, 7) is 30.1. The fourth-order valence-corrected chi connectivity index (χ4v) is 5.99. The summed E-state index contributed by atoms with van der Waals surface area (Å²) in [4.78, 5) is 10.1. The van der Waals surface area contributed by atoms with Gasteiger partial charge in [0.15, 0.2) is 0 Å². The molecule has 0 amide bonds. The van der Waals surface area contributed by atoms with E-state index >= 15 is 0 Å². The summed E-state index contributed by atoms with van der Waals surface area (Å²) < 4.78 is 36.9. The zero-order valence-corrected chi connectivity index (χ0v) is 34.2. The number of hydrogen-bond donors (Lipinski definition) is 1. The minimum absolute atomic E-state index is 0.0269. The minimum atomic E-state index is -5.17. The molecule has 0 aromatic heterocycles. The first-order valence-electron chi connectivity index (χ1n) is 19.9. The zero-order valence-electron chi connectivity index (χ0n) is 33.4. The summed E-state index contributed by atoms with van der Waals surface area (Å²) >= 11 is 0. The Hall–Kier alpha value is -1.36. The van der Waals surface area contributed by atoms with E-state index in [0.717, 1.165) is 11.8 Å². The van der Waals surface area contributed by atoms with Gasteiger partial charge >= 0.3 is 0 Å². The molecule has 0 atom stereocenters. The van der Waals surface area contributed by atoms with Crippen molar-refractivity contribution >= 4 is 16.7 Å². The van der Waals surface area contributed by atoms with Gasteiger partial charge in [0.05, 0.1) is 59.0 Å². The summed E-state index contributed by atoms with van der Waals surface area (Å²) in [5.41, 5.74) is 1.46. The third-order valence-corrected chi connectivity index (χ3v) is 9.19. The van der Waals surface area contributed by atoms with Crippen LogP contribution < -0.4 is 0 Å². The normalized spacial score (nSPS) is 11.4. The monoisotopic (exact) mass is 717 g/mol. The van der Waals surface area contributed by atoms with Crippen LogP contribution in [0.5, 0.6) is 0 Å². The van der Waals surface area contributed by atoms with Gasteiger partial charge in [0.2, 0.25) is 0 Å². The highest BCUT2D eigenvalue weighted by Gasteiger charge is 2.25. The highest BCUT2D eigenvalue weighted by Crippen LogP contribution is 2.17. The van der Waals surface area contributed by atoms with Gasteiger partial charge in [-0.3, -0.25) is 13.2 Å². The Bertz CT molecular complexity index is 822. The van der Waals surface area contributed by atoms with Crippen LogP contribution in [-0.2, 0) is 17.0 Å². The van der Waals surface area contributed by atoms with E-state index in [1.807, 2.05) is 0 Å². The summed E-state index contributed by atoms with van der Waals surface area (Å²) in [5.74, 6) is 0. The molecule has 0 aliphatic rings. The SMILES string of the molecule is CCCC[N+](CCCC)(CCCC)CCCC.CCCC[N+](CCCC)(CCCC)CCCC.O=Cc1ccc(CO)cc1.O=S(=O)([O-])[O-]. The fourth-order valence-electron chi connectivity index (χ4n) is 5.99. The van der Waals surface area contributed by atoms with Crippen molar-refractivity contribution in [2.24, 2.45) is 0 Å². The lowest BCUT2D eigenvalue weighted by Gasteiger charge is -2.39. The molecule has 0 fully saturated rings. The highest BCUT2D eigenvalue weighted by molar-refractivity contribution is 7.79. The Morgan fingerprint density at radius 3 is 0.857 bits per heavy atom. The number of rotatable bonds is 26. The summed E-state index contributed by atoms with van der Waals surface area (Å²) in [6.07, 6.45) is 22.9. The molecule has 1 rings (SSSR count). The van der Waals surface area contributed by atoms with Crippen molar-refractivity contribution in [1.82, 2.24) is 0 Å². The predicted octanol–water partition coefficient (Wildman–Crippen LogP) is 9.66. The zero-order chi connectivity index (χ0) is 37.9. The standard InChI is InChI=1S/2C16H36N.C8H8O2.H2O4S/c2*1-5-9-13-17(14-10-6-2,15-11-7-3)16-12-8-4;9-5-7-1-2-8(6-10)4-3-7;1-5(2,3)4/h2*5-16H2,1-4H3;1-5,10H,6H2;(H2,1,2,3,4)/q2*+1;;/p-2. The van der Waals surface area contributed by atoms with Crippen LogP contribution in [0.1, 0.15) is 174 Å². The first kappa shape index (κ1) is 52.0. The number of benzene rings is 1. The number of hydrogen-bond acceptors (Lipinski definition) is 6. The van der Waals surface area contributed by atoms with Crippen LogP contribution in [0, 0.1) is 0 Å². The van der Waals surface area contributed by atoms with Crippen LogP contribution in [-0.4, -0.2) is 90.2 Å². The lowest BCUT2D eigenvalue weighted by molar-refractivity contribution is -0.929. The lowest BCUT2D eigenvalue weighted by atomic mass is 10.1. The van der Waals surface area contributed by atoms with Gasteiger partial charge in [-0.1, -0.05) is 131 Å². The predicted molar refractivity (Wildman–Crippen MR) is 207 cm³/mol. The van der Waals surface area contributed by atoms with Crippen molar-refractivity contribution in [3.63, 3.8) is 0 Å². The Kier molecular flexibility index (Phi) is 37.2.